The second-order valence-corrected chi connectivity index (χ2v) is 6.87. The van der Waals surface area contributed by atoms with E-state index in [9.17, 15) is 19.2 Å². The number of hydrogen-bond acceptors (Lipinski definition) is 11. The van der Waals surface area contributed by atoms with Crippen molar-refractivity contribution in [2.45, 2.75) is 51.2 Å². The van der Waals surface area contributed by atoms with Gasteiger partial charge < -0.3 is 29.1 Å². The zero-order valence-corrected chi connectivity index (χ0v) is 17.2. The van der Waals surface area contributed by atoms with Crippen molar-refractivity contribution in [3.8, 4) is 0 Å². The number of nitrogens with zero attached hydrogens (tertiary/aromatic N) is 2. The van der Waals surface area contributed by atoms with Crippen molar-refractivity contribution < 1.29 is 38.2 Å². The quantitative estimate of drug-likeness (QED) is 0.333. The van der Waals surface area contributed by atoms with Crippen LogP contribution in [0.25, 0.3) is 0 Å². The van der Waals surface area contributed by atoms with E-state index in [4.69, 9.17) is 18.9 Å². The highest BCUT2D eigenvalue weighted by Crippen LogP contribution is 2.37. The monoisotopic (exact) mass is 440 g/mol. The molecule has 1 aromatic rings. The molecule has 0 aromatic carbocycles. The Balaban J connectivity index is 1.71. The van der Waals surface area contributed by atoms with Gasteiger partial charge in [0.15, 0.2) is 24.3 Å². The van der Waals surface area contributed by atoms with E-state index < -0.39 is 42.5 Å². The van der Waals surface area contributed by atoms with Crippen LogP contribution in [0.3, 0.4) is 0 Å². The fourth-order valence-corrected chi connectivity index (χ4v) is 3.30. The number of amides is 1. The Hall–Kier alpha value is -3.35. The standard InChI is InChI=1S/C18H24N4O9/c1-4-9(5-2)15(23)27-8-10-12-13(30-18(26)29-12)14(28-10)22-7-6-11(20-16(22)24)21-31-17(25)19-3/h6-7,9-10,12-14H,4-5,8H2,1-3H3,(H,19,25)(H,20,21,24)/t10-,12-,13-,14-/m1/s1. The van der Waals surface area contributed by atoms with Crippen LogP contribution in [0, 0.1) is 5.92 Å². The zero-order chi connectivity index (χ0) is 22.5. The first kappa shape index (κ1) is 22.3. The van der Waals surface area contributed by atoms with Gasteiger partial charge in [0.1, 0.15) is 12.7 Å². The third-order valence-electron chi connectivity index (χ3n) is 5.02. The van der Waals surface area contributed by atoms with Gasteiger partial charge in [0.25, 0.3) is 0 Å². The van der Waals surface area contributed by atoms with E-state index in [1.807, 2.05) is 13.8 Å². The van der Waals surface area contributed by atoms with Crippen LogP contribution in [0.1, 0.15) is 32.9 Å². The second kappa shape index (κ2) is 9.64. The molecule has 4 atom stereocenters. The van der Waals surface area contributed by atoms with E-state index >= 15 is 0 Å². The summed E-state index contributed by atoms with van der Waals surface area (Å²) in [5.41, 5.74) is 1.47. The lowest BCUT2D eigenvalue weighted by molar-refractivity contribution is -0.155. The van der Waals surface area contributed by atoms with Crippen LogP contribution in [0.4, 0.5) is 15.4 Å². The highest BCUT2D eigenvalue weighted by Gasteiger charge is 2.55. The van der Waals surface area contributed by atoms with E-state index in [-0.39, 0.29) is 24.3 Å². The molecule has 1 amide bonds. The van der Waals surface area contributed by atoms with Gasteiger partial charge in [0, 0.05) is 19.3 Å². The van der Waals surface area contributed by atoms with Gasteiger partial charge in [0.05, 0.1) is 5.92 Å². The Kier molecular flexibility index (Phi) is 6.95. The molecule has 2 fully saturated rings. The average Bonchev–Trinajstić information content (AvgIpc) is 3.29. The average molecular weight is 440 g/mol. The van der Waals surface area contributed by atoms with Crippen molar-refractivity contribution in [1.82, 2.24) is 14.9 Å². The summed E-state index contributed by atoms with van der Waals surface area (Å²) in [7, 11) is 1.37. The molecular weight excluding hydrogens is 416 g/mol. The molecule has 2 aliphatic heterocycles. The number of anilines is 1. The van der Waals surface area contributed by atoms with Crippen LogP contribution in [-0.4, -0.2) is 59.7 Å². The van der Waals surface area contributed by atoms with Gasteiger partial charge in [-0.2, -0.15) is 10.5 Å². The molecule has 0 spiro atoms. The third kappa shape index (κ3) is 4.87. The molecule has 31 heavy (non-hydrogen) atoms. The van der Waals surface area contributed by atoms with Crippen LogP contribution < -0.4 is 16.5 Å². The summed E-state index contributed by atoms with van der Waals surface area (Å²) in [5, 5.41) is 2.22. The van der Waals surface area contributed by atoms with Gasteiger partial charge in [-0.15, -0.1) is 0 Å². The van der Waals surface area contributed by atoms with Gasteiger partial charge >= 0.3 is 23.9 Å². The topological polar surface area (TPSA) is 156 Å². The summed E-state index contributed by atoms with van der Waals surface area (Å²) in [4.78, 5) is 55.7. The molecule has 3 heterocycles. The van der Waals surface area contributed by atoms with Gasteiger partial charge in [-0.25, -0.2) is 14.4 Å². The highest BCUT2D eigenvalue weighted by molar-refractivity contribution is 5.72. The Morgan fingerprint density at radius 1 is 1.23 bits per heavy atom. The molecule has 0 radical (unpaired) electrons. The maximum atomic E-state index is 12.5. The highest BCUT2D eigenvalue weighted by atomic mass is 16.8. The summed E-state index contributed by atoms with van der Waals surface area (Å²) in [6.07, 6.45) is -2.71. The molecule has 2 saturated heterocycles. The van der Waals surface area contributed by atoms with Gasteiger partial charge in [-0.05, 0) is 12.8 Å². The molecular formula is C18H24N4O9. The number of nitrogens with one attached hydrogen (secondary N) is 2. The number of fused-ring (bicyclic) bond motifs is 1. The SMILES string of the molecule is CCC(CC)C(=O)OC[C@H]1O[C@@H](n2ccc(NOC(=O)NC)nc2=O)[C@@H]2OC(=O)O[C@@H]21. The first-order valence-corrected chi connectivity index (χ1v) is 9.81. The number of aromatic nitrogens is 2. The fourth-order valence-electron chi connectivity index (χ4n) is 3.30. The summed E-state index contributed by atoms with van der Waals surface area (Å²) in [6, 6.07) is 1.36. The van der Waals surface area contributed by atoms with E-state index in [1.165, 1.54) is 19.3 Å². The number of carbonyl (C=O) groups is 3. The summed E-state index contributed by atoms with van der Waals surface area (Å²) in [5.74, 6) is -0.627. The number of ether oxygens (including phenoxy) is 4. The van der Waals surface area contributed by atoms with Crippen molar-refractivity contribution in [3.63, 3.8) is 0 Å². The Bertz CT molecular complexity index is 885. The van der Waals surface area contributed by atoms with E-state index in [0.717, 1.165) is 4.57 Å². The molecule has 3 rings (SSSR count). The molecule has 0 unspecified atom stereocenters. The van der Waals surface area contributed by atoms with Crippen LogP contribution in [0.2, 0.25) is 0 Å². The Morgan fingerprint density at radius 3 is 2.58 bits per heavy atom. The molecule has 0 bridgehead atoms. The lowest BCUT2D eigenvalue weighted by Gasteiger charge is -2.19. The Morgan fingerprint density at radius 2 is 1.94 bits per heavy atom. The summed E-state index contributed by atoms with van der Waals surface area (Å²) in [6.45, 7) is 3.61. The minimum atomic E-state index is -1.04. The maximum absolute atomic E-state index is 12.5. The first-order chi connectivity index (χ1) is 14.9. The number of esters is 1. The Labute approximate surface area is 176 Å². The van der Waals surface area contributed by atoms with Crippen molar-refractivity contribution >= 4 is 24.0 Å². The normalized spacial score (nSPS) is 24.2. The molecule has 1 aromatic heterocycles. The van der Waals surface area contributed by atoms with Gasteiger partial charge in [-0.3, -0.25) is 9.36 Å². The van der Waals surface area contributed by atoms with Crippen molar-refractivity contribution in [1.29, 1.82) is 0 Å². The smallest absolute Gasteiger partial charge is 0.463 e. The van der Waals surface area contributed by atoms with Gasteiger partial charge in [0.2, 0.25) is 0 Å². The largest absolute Gasteiger partial charge is 0.509 e. The maximum Gasteiger partial charge on any atom is 0.509 e. The van der Waals surface area contributed by atoms with E-state index in [2.05, 4.69) is 20.6 Å². The van der Waals surface area contributed by atoms with Crippen molar-refractivity contribution in [3.05, 3.63) is 22.7 Å². The minimum absolute atomic E-state index is 0.0188. The van der Waals surface area contributed by atoms with E-state index in [1.54, 1.807) is 0 Å². The molecule has 13 heteroatoms. The third-order valence-corrected chi connectivity index (χ3v) is 5.02. The summed E-state index contributed by atoms with van der Waals surface area (Å²) < 4.78 is 22.6. The second-order valence-electron chi connectivity index (χ2n) is 6.87. The first-order valence-electron chi connectivity index (χ1n) is 9.81. The van der Waals surface area contributed by atoms with Crippen LogP contribution >= 0.6 is 0 Å². The lowest BCUT2D eigenvalue weighted by Crippen LogP contribution is -2.35. The van der Waals surface area contributed by atoms with Crippen LogP contribution in [0.15, 0.2) is 17.1 Å². The summed E-state index contributed by atoms with van der Waals surface area (Å²) >= 11 is 0. The van der Waals surface area contributed by atoms with Crippen LogP contribution in [0.5, 0.6) is 0 Å². The predicted molar refractivity (Wildman–Crippen MR) is 102 cm³/mol. The molecule has 2 aliphatic rings. The number of carbonyl (C=O) groups excluding carboxylic acids is 3. The molecule has 170 valence electrons. The lowest BCUT2D eigenvalue weighted by atomic mass is 10.0. The molecule has 13 nitrogen and oxygen atoms in total. The van der Waals surface area contributed by atoms with Crippen molar-refractivity contribution in [2.24, 2.45) is 5.92 Å². The predicted octanol–water partition coefficient (Wildman–Crippen LogP) is 0.707. The van der Waals surface area contributed by atoms with Gasteiger partial charge in [-0.1, -0.05) is 13.8 Å². The van der Waals surface area contributed by atoms with Crippen LogP contribution in [-0.2, 0) is 28.6 Å². The molecule has 2 N–H and O–H groups in total. The number of hydrogen-bond donors (Lipinski definition) is 2. The van der Waals surface area contributed by atoms with Crippen molar-refractivity contribution in [2.75, 3.05) is 19.1 Å². The molecule has 0 aliphatic carbocycles. The zero-order valence-electron chi connectivity index (χ0n) is 17.2. The fraction of sp³-hybridized carbons (Fsp3) is 0.611. The molecule has 0 saturated carbocycles. The number of rotatable bonds is 8. The minimum Gasteiger partial charge on any atom is -0.463 e. The van der Waals surface area contributed by atoms with E-state index in [0.29, 0.717) is 12.8 Å².